The Morgan fingerprint density at radius 3 is 2.29 bits per heavy atom. The molecule has 1 unspecified atom stereocenters. The molecule has 0 radical (unpaired) electrons. The first-order valence-electron chi connectivity index (χ1n) is 9.35. The van der Waals surface area contributed by atoms with E-state index in [0.717, 1.165) is 16.3 Å². The topological polar surface area (TPSA) is 142 Å². The van der Waals surface area contributed by atoms with E-state index in [1.165, 1.54) is 0 Å². The minimum absolute atomic E-state index is 0.255. The van der Waals surface area contributed by atoms with Gasteiger partial charge in [-0.25, -0.2) is 19.6 Å². The van der Waals surface area contributed by atoms with E-state index in [0.29, 0.717) is 31.3 Å². The Morgan fingerprint density at radius 2 is 1.61 bits per heavy atom. The van der Waals surface area contributed by atoms with E-state index in [1.807, 2.05) is 42.5 Å². The molecule has 0 spiro atoms. The Morgan fingerprint density at radius 1 is 0.968 bits per heavy atom. The molecule has 3 aromatic rings. The van der Waals surface area contributed by atoms with Gasteiger partial charge in [-0.2, -0.15) is 0 Å². The van der Waals surface area contributed by atoms with Crippen LogP contribution in [0.1, 0.15) is 11.7 Å². The number of aliphatic hydroxyl groups excluding tert-OH is 1. The molecule has 9 nitrogen and oxygen atoms in total. The number of benzene rings is 2. The Hall–Kier alpha value is -3.82. The Balaban J connectivity index is 0.000000366. The van der Waals surface area contributed by atoms with Crippen molar-refractivity contribution in [1.29, 1.82) is 0 Å². The number of carboxylic acids is 2. The number of aromatic nitrogens is 2. The highest BCUT2D eigenvalue weighted by molar-refractivity contribution is 5.89. The summed E-state index contributed by atoms with van der Waals surface area (Å²) in [6.07, 6.45) is 3.83. The molecule has 0 saturated carbocycles. The van der Waals surface area contributed by atoms with Crippen molar-refractivity contribution in [1.82, 2.24) is 9.97 Å². The number of fused-ring (bicyclic) bond motifs is 1. The summed E-state index contributed by atoms with van der Waals surface area (Å²) in [6, 6.07) is 15.7. The third-order valence-electron chi connectivity index (χ3n) is 3.92. The molecular weight excluding hydrogens is 402 g/mol. The lowest BCUT2D eigenvalue weighted by Gasteiger charge is -2.14. The van der Waals surface area contributed by atoms with Gasteiger partial charge < -0.3 is 25.4 Å². The minimum atomic E-state index is -1.26. The summed E-state index contributed by atoms with van der Waals surface area (Å²) >= 11 is 0. The van der Waals surface area contributed by atoms with E-state index < -0.39 is 18.0 Å². The van der Waals surface area contributed by atoms with E-state index in [1.54, 1.807) is 18.5 Å². The van der Waals surface area contributed by atoms with Gasteiger partial charge in [0.05, 0.1) is 13.2 Å². The van der Waals surface area contributed by atoms with Crippen LogP contribution in [0.2, 0.25) is 0 Å². The number of rotatable bonds is 9. The summed E-state index contributed by atoms with van der Waals surface area (Å²) in [6.45, 7) is 1.32. The third kappa shape index (κ3) is 8.60. The van der Waals surface area contributed by atoms with Gasteiger partial charge in [0.25, 0.3) is 0 Å². The van der Waals surface area contributed by atoms with Gasteiger partial charge in [0.15, 0.2) is 0 Å². The molecule has 1 atom stereocenters. The molecule has 0 bridgehead atoms. The van der Waals surface area contributed by atoms with Crippen LogP contribution in [0, 0.1) is 0 Å². The molecule has 2 aromatic carbocycles. The fourth-order valence-electron chi connectivity index (χ4n) is 2.59. The first-order chi connectivity index (χ1) is 15.0. The summed E-state index contributed by atoms with van der Waals surface area (Å²) in [5.74, 6) is -1.94. The number of ether oxygens (including phenoxy) is 1. The number of hydrogen-bond donors (Lipinski definition) is 4. The first kappa shape index (κ1) is 23.5. The van der Waals surface area contributed by atoms with E-state index in [9.17, 15) is 14.7 Å². The summed E-state index contributed by atoms with van der Waals surface area (Å²) in [5.41, 5.74) is 0.891. The number of hydrogen-bond acceptors (Lipinski definition) is 7. The van der Waals surface area contributed by atoms with E-state index >= 15 is 0 Å². The number of anilines is 1. The van der Waals surface area contributed by atoms with Crippen LogP contribution in [0.25, 0.3) is 10.8 Å². The molecule has 0 fully saturated rings. The van der Waals surface area contributed by atoms with Crippen LogP contribution in [0.5, 0.6) is 0 Å². The van der Waals surface area contributed by atoms with Crippen LogP contribution >= 0.6 is 0 Å². The molecule has 3 rings (SSSR count). The standard InChI is InChI=1S/C18H19N3O2.C4H4O4/c22-17(13-23-12-11-21-18-19-9-4-10-20-18)16-8-3-6-14-5-1-2-7-15(14)16;5-3(6)1-2-4(7)8/h1-10,17,22H,11-13H2,(H,19,20,21);1-2H,(H,5,6)(H,7,8). The minimum Gasteiger partial charge on any atom is -0.478 e. The van der Waals surface area contributed by atoms with Gasteiger partial charge in [0.2, 0.25) is 5.95 Å². The second kappa shape index (κ2) is 12.7. The predicted molar refractivity (Wildman–Crippen MR) is 115 cm³/mol. The molecule has 0 aliphatic carbocycles. The number of aliphatic carboxylic acids is 2. The number of nitrogens with zero attached hydrogens (tertiary/aromatic N) is 2. The number of carboxylic acid groups (broad SMARTS) is 2. The lowest BCUT2D eigenvalue weighted by molar-refractivity contribution is -0.134. The Bertz CT molecular complexity index is 989. The zero-order chi connectivity index (χ0) is 22.5. The van der Waals surface area contributed by atoms with E-state index in [4.69, 9.17) is 14.9 Å². The Labute approximate surface area is 178 Å². The van der Waals surface area contributed by atoms with Gasteiger partial charge in [0.1, 0.15) is 6.10 Å². The van der Waals surface area contributed by atoms with Crippen LogP contribution in [0.15, 0.2) is 73.1 Å². The monoisotopic (exact) mass is 425 g/mol. The van der Waals surface area contributed by atoms with Gasteiger partial charge in [-0.15, -0.1) is 0 Å². The highest BCUT2D eigenvalue weighted by atomic mass is 16.5. The van der Waals surface area contributed by atoms with Crippen molar-refractivity contribution in [3.8, 4) is 0 Å². The number of aliphatic hydroxyl groups is 1. The summed E-state index contributed by atoms with van der Waals surface area (Å²) in [7, 11) is 0. The average molecular weight is 425 g/mol. The van der Waals surface area contributed by atoms with Gasteiger partial charge >= 0.3 is 11.9 Å². The normalized spacial score (nSPS) is 11.5. The molecule has 162 valence electrons. The zero-order valence-corrected chi connectivity index (χ0v) is 16.6. The zero-order valence-electron chi connectivity index (χ0n) is 16.6. The molecule has 0 saturated heterocycles. The van der Waals surface area contributed by atoms with Gasteiger partial charge in [0, 0.05) is 31.1 Å². The maximum Gasteiger partial charge on any atom is 0.328 e. The number of nitrogens with one attached hydrogen (secondary N) is 1. The van der Waals surface area contributed by atoms with Crippen LogP contribution in [0.3, 0.4) is 0 Å². The van der Waals surface area contributed by atoms with Crippen LogP contribution in [-0.4, -0.2) is 57.0 Å². The van der Waals surface area contributed by atoms with E-state index in [2.05, 4.69) is 15.3 Å². The molecule has 4 N–H and O–H groups in total. The third-order valence-corrected chi connectivity index (χ3v) is 3.92. The highest BCUT2D eigenvalue weighted by Crippen LogP contribution is 2.24. The van der Waals surface area contributed by atoms with Gasteiger partial charge in [-0.3, -0.25) is 0 Å². The fourth-order valence-corrected chi connectivity index (χ4v) is 2.59. The van der Waals surface area contributed by atoms with Crippen molar-refractivity contribution in [3.05, 3.63) is 78.6 Å². The lowest BCUT2D eigenvalue weighted by Crippen LogP contribution is -2.15. The van der Waals surface area contributed by atoms with Gasteiger partial charge in [-0.05, 0) is 22.4 Å². The molecule has 31 heavy (non-hydrogen) atoms. The molecule has 0 aliphatic rings. The van der Waals surface area contributed by atoms with Crippen molar-refractivity contribution in [2.24, 2.45) is 0 Å². The maximum atomic E-state index is 10.4. The first-order valence-corrected chi connectivity index (χ1v) is 9.35. The summed E-state index contributed by atoms with van der Waals surface area (Å²) in [5, 5.41) is 31.2. The molecule has 1 aromatic heterocycles. The lowest BCUT2D eigenvalue weighted by atomic mass is 10.0. The van der Waals surface area contributed by atoms with Crippen molar-refractivity contribution >= 4 is 28.7 Å². The molecular formula is C22H23N3O6. The molecule has 1 heterocycles. The van der Waals surface area contributed by atoms with Gasteiger partial charge in [-0.1, -0.05) is 42.5 Å². The van der Waals surface area contributed by atoms with Crippen molar-refractivity contribution in [2.75, 3.05) is 25.1 Å². The summed E-state index contributed by atoms with van der Waals surface area (Å²) < 4.78 is 5.55. The fraction of sp³-hybridized carbons (Fsp3) is 0.182. The molecule has 9 heteroatoms. The molecule has 0 amide bonds. The van der Waals surface area contributed by atoms with Crippen LogP contribution in [0.4, 0.5) is 5.95 Å². The average Bonchev–Trinajstić information content (AvgIpc) is 2.78. The second-order valence-electron chi connectivity index (χ2n) is 6.17. The quantitative estimate of drug-likeness (QED) is 0.300. The number of carbonyl (C=O) groups is 2. The summed E-state index contributed by atoms with van der Waals surface area (Å²) in [4.78, 5) is 27.2. The molecule has 0 aliphatic heterocycles. The SMILES string of the molecule is O=C(O)C=CC(=O)O.OC(COCCNc1ncccn1)c1cccc2ccccc12. The van der Waals surface area contributed by atoms with Crippen molar-refractivity contribution < 1.29 is 29.6 Å². The van der Waals surface area contributed by atoms with Crippen molar-refractivity contribution in [2.45, 2.75) is 6.10 Å². The van der Waals surface area contributed by atoms with E-state index in [-0.39, 0.29) is 6.61 Å². The largest absolute Gasteiger partial charge is 0.478 e. The maximum absolute atomic E-state index is 10.4. The second-order valence-corrected chi connectivity index (χ2v) is 6.17. The highest BCUT2D eigenvalue weighted by Gasteiger charge is 2.11. The smallest absolute Gasteiger partial charge is 0.328 e. The Kier molecular flexibility index (Phi) is 9.60. The van der Waals surface area contributed by atoms with Crippen LogP contribution < -0.4 is 5.32 Å². The van der Waals surface area contributed by atoms with Crippen LogP contribution in [-0.2, 0) is 14.3 Å². The van der Waals surface area contributed by atoms with Crippen molar-refractivity contribution in [3.63, 3.8) is 0 Å². The predicted octanol–water partition coefficient (Wildman–Crippen LogP) is 2.50.